The molecule has 0 radical (unpaired) electrons. The molecule has 1 atom stereocenters. The third-order valence-electron chi connectivity index (χ3n) is 4.07. The lowest BCUT2D eigenvalue weighted by molar-refractivity contribution is -0.153. The van der Waals surface area contributed by atoms with Crippen LogP contribution in [0.4, 0.5) is 5.00 Å². The number of hydrogen-bond donors (Lipinski definition) is 1. The zero-order valence-corrected chi connectivity index (χ0v) is 16.7. The van der Waals surface area contributed by atoms with Gasteiger partial charge in [-0.3, -0.25) is 14.4 Å². The van der Waals surface area contributed by atoms with E-state index in [1.165, 1.54) is 23.8 Å². The van der Waals surface area contributed by atoms with E-state index in [1.807, 2.05) is 18.2 Å². The lowest BCUT2D eigenvalue weighted by Gasteiger charge is -2.13. The summed E-state index contributed by atoms with van der Waals surface area (Å²) in [5.74, 6) is -1.29. The molecule has 0 unspecified atom stereocenters. The van der Waals surface area contributed by atoms with E-state index in [9.17, 15) is 14.4 Å². The second-order valence-corrected chi connectivity index (χ2v) is 7.18. The first-order chi connectivity index (χ1) is 13.4. The van der Waals surface area contributed by atoms with Gasteiger partial charge in [0.2, 0.25) is 0 Å². The summed E-state index contributed by atoms with van der Waals surface area (Å²) in [6.07, 6.45) is 0.890. The van der Waals surface area contributed by atoms with Crippen molar-refractivity contribution in [1.82, 2.24) is 0 Å². The molecule has 1 aromatic carbocycles. The molecule has 1 amide bonds. The van der Waals surface area contributed by atoms with Crippen molar-refractivity contribution in [1.29, 1.82) is 5.26 Å². The summed E-state index contributed by atoms with van der Waals surface area (Å²) in [6, 6.07) is 10.9. The fourth-order valence-electron chi connectivity index (χ4n) is 2.52. The highest BCUT2D eigenvalue weighted by atomic mass is 32.1. The SMILES string of the molecule is CCCc1ccc(C(=O)CCC(=O)O[C@H](C)C(=O)Nc2sccc2C#N)cc1. The van der Waals surface area contributed by atoms with Crippen LogP contribution in [0.3, 0.4) is 0 Å². The predicted octanol–water partition coefficient (Wildman–Crippen LogP) is 4.11. The Morgan fingerprint density at radius 3 is 2.54 bits per heavy atom. The van der Waals surface area contributed by atoms with Crippen molar-refractivity contribution in [2.45, 2.75) is 45.6 Å². The van der Waals surface area contributed by atoms with Gasteiger partial charge in [-0.05, 0) is 30.4 Å². The molecule has 2 aromatic rings. The van der Waals surface area contributed by atoms with Gasteiger partial charge in [0, 0.05) is 12.0 Å². The third kappa shape index (κ3) is 6.03. The number of nitrogens with one attached hydrogen (secondary N) is 1. The summed E-state index contributed by atoms with van der Waals surface area (Å²) in [4.78, 5) is 36.3. The van der Waals surface area contributed by atoms with E-state index in [2.05, 4.69) is 12.2 Å². The van der Waals surface area contributed by atoms with Gasteiger partial charge in [-0.25, -0.2) is 0 Å². The number of thiophene rings is 1. The minimum Gasteiger partial charge on any atom is -0.453 e. The van der Waals surface area contributed by atoms with Crippen molar-refractivity contribution < 1.29 is 19.1 Å². The van der Waals surface area contributed by atoms with E-state index in [-0.39, 0.29) is 18.6 Å². The molecule has 1 aromatic heterocycles. The van der Waals surface area contributed by atoms with Gasteiger partial charge in [0.15, 0.2) is 11.9 Å². The second-order valence-electron chi connectivity index (χ2n) is 6.27. The van der Waals surface area contributed by atoms with E-state index in [4.69, 9.17) is 10.00 Å². The van der Waals surface area contributed by atoms with Gasteiger partial charge < -0.3 is 10.1 Å². The minimum absolute atomic E-state index is 0.0177. The van der Waals surface area contributed by atoms with E-state index in [0.29, 0.717) is 16.1 Å². The summed E-state index contributed by atoms with van der Waals surface area (Å²) in [5, 5.41) is 13.6. The molecule has 28 heavy (non-hydrogen) atoms. The number of rotatable bonds is 9. The topological polar surface area (TPSA) is 96.3 Å². The number of esters is 1. The molecule has 0 bridgehead atoms. The Labute approximate surface area is 168 Å². The smallest absolute Gasteiger partial charge is 0.307 e. The summed E-state index contributed by atoms with van der Waals surface area (Å²) in [6.45, 7) is 3.54. The molecule has 0 aliphatic carbocycles. The molecule has 7 heteroatoms. The molecule has 0 aliphatic rings. The van der Waals surface area contributed by atoms with Crippen LogP contribution in [0.25, 0.3) is 0 Å². The number of nitrogens with zero attached hydrogens (tertiary/aromatic N) is 1. The van der Waals surface area contributed by atoms with Crippen LogP contribution in [0.2, 0.25) is 0 Å². The first-order valence-corrected chi connectivity index (χ1v) is 9.92. The number of nitriles is 1. The maximum absolute atomic E-state index is 12.2. The zero-order chi connectivity index (χ0) is 20.5. The normalized spacial score (nSPS) is 11.3. The van der Waals surface area contributed by atoms with Gasteiger partial charge in [-0.15, -0.1) is 11.3 Å². The van der Waals surface area contributed by atoms with Gasteiger partial charge in [-0.2, -0.15) is 5.26 Å². The first kappa shape index (κ1) is 21.3. The van der Waals surface area contributed by atoms with Crippen LogP contribution >= 0.6 is 11.3 Å². The van der Waals surface area contributed by atoms with Crippen LogP contribution in [0, 0.1) is 11.3 Å². The number of ketones is 1. The average molecular weight is 398 g/mol. The number of benzene rings is 1. The van der Waals surface area contributed by atoms with Crippen molar-refractivity contribution in [3.05, 3.63) is 52.4 Å². The summed E-state index contributed by atoms with van der Waals surface area (Å²) >= 11 is 1.21. The molecule has 0 saturated carbocycles. The summed E-state index contributed by atoms with van der Waals surface area (Å²) in [7, 11) is 0. The summed E-state index contributed by atoms with van der Waals surface area (Å²) < 4.78 is 5.09. The Morgan fingerprint density at radius 2 is 1.89 bits per heavy atom. The number of ether oxygens (including phenoxy) is 1. The molecule has 6 nitrogen and oxygen atoms in total. The molecule has 1 N–H and O–H groups in total. The zero-order valence-electron chi connectivity index (χ0n) is 15.9. The standard InChI is InChI=1S/C21H22N2O4S/c1-3-4-15-5-7-16(8-6-15)18(24)9-10-19(25)27-14(2)20(26)23-21-17(13-22)11-12-28-21/h5-8,11-12,14H,3-4,9-10H2,1-2H3,(H,23,26)/t14-/m1/s1. The number of carbonyl (C=O) groups is 3. The molecule has 0 aliphatic heterocycles. The predicted molar refractivity (Wildman–Crippen MR) is 107 cm³/mol. The molecular formula is C21H22N2O4S. The number of aryl methyl sites for hydroxylation is 1. The van der Waals surface area contributed by atoms with Gasteiger partial charge in [-0.1, -0.05) is 37.6 Å². The van der Waals surface area contributed by atoms with Crippen LogP contribution in [0.1, 0.15) is 54.6 Å². The van der Waals surface area contributed by atoms with E-state index in [0.717, 1.165) is 12.8 Å². The maximum Gasteiger partial charge on any atom is 0.307 e. The maximum atomic E-state index is 12.2. The van der Waals surface area contributed by atoms with Crippen LogP contribution in [0.5, 0.6) is 0 Å². The average Bonchev–Trinajstić information content (AvgIpc) is 3.14. The molecule has 146 valence electrons. The second kappa shape index (κ2) is 10.4. The Balaban J connectivity index is 1.80. The Kier molecular flexibility index (Phi) is 7.90. The summed E-state index contributed by atoms with van der Waals surface area (Å²) in [5.41, 5.74) is 2.08. The van der Waals surface area contributed by atoms with Gasteiger partial charge in [0.1, 0.15) is 11.1 Å². The van der Waals surface area contributed by atoms with Gasteiger partial charge >= 0.3 is 5.97 Å². The fourth-order valence-corrected chi connectivity index (χ4v) is 3.26. The minimum atomic E-state index is -1.02. The Bertz CT molecular complexity index is 881. The number of anilines is 1. The van der Waals surface area contributed by atoms with Crippen molar-refractivity contribution in [3.63, 3.8) is 0 Å². The Morgan fingerprint density at radius 1 is 1.18 bits per heavy atom. The first-order valence-electron chi connectivity index (χ1n) is 9.04. The highest BCUT2D eigenvalue weighted by Crippen LogP contribution is 2.22. The van der Waals surface area contributed by atoms with Crippen LogP contribution in [-0.4, -0.2) is 23.8 Å². The number of amides is 1. The highest BCUT2D eigenvalue weighted by molar-refractivity contribution is 7.14. The fraction of sp³-hybridized carbons (Fsp3) is 0.333. The molecular weight excluding hydrogens is 376 g/mol. The van der Waals surface area contributed by atoms with Crippen molar-refractivity contribution in [3.8, 4) is 6.07 Å². The van der Waals surface area contributed by atoms with E-state index >= 15 is 0 Å². The van der Waals surface area contributed by atoms with Gasteiger partial charge in [0.05, 0.1) is 12.0 Å². The number of carbonyl (C=O) groups excluding carboxylic acids is 3. The Hall–Kier alpha value is -2.98. The van der Waals surface area contributed by atoms with Crippen molar-refractivity contribution in [2.75, 3.05) is 5.32 Å². The number of hydrogen-bond acceptors (Lipinski definition) is 6. The molecule has 2 rings (SSSR count). The van der Waals surface area contributed by atoms with Crippen molar-refractivity contribution in [2.24, 2.45) is 0 Å². The van der Waals surface area contributed by atoms with E-state index in [1.54, 1.807) is 23.6 Å². The van der Waals surface area contributed by atoms with Crippen LogP contribution in [0.15, 0.2) is 35.7 Å². The van der Waals surface area contributed by atoms with Gasteiger partial charge in [0.25, 0.3) is 5.91 Å². The molecule has 0 spiro atoms. The lowest BCUT2D eigenvalue weighted by atomic mass is 10.0. The molecule has 0 fully saturated rings. The van der Waals surface area contributed by atoms with Crippen LogP contribution in [-0.2, 0) is 20.7 Å². The largest absolute Gasteiger partial charge is 0.453 e. The van der Waals surface area contributed by atoms with Crippen LogP contribution < -0.4 is 5.32 Å². The van der Waals surface area contributed by atoms with E-state index < -0.39 is 18.0 Å². The van der Waals surface area contributed by atoms with Crippen molar-refractivity contribution >= 4 is 34.0 Å². The third-order valence-corrected chi connectivity index (χ3v) is 4.90. The molecule has 1 heterocycles. The quantitative estimate of drug-likeness (QED) is 0.507. The molecule has 0 saturated heterocycles. The highest BCUT2D eigenvalue weighted by Gasteiger charge is 2.20. The lowest BCUT2D eigenvalue weighted by Crippen LogP contribution is -2.30. The monoisotopic (exact) mass is 398 g/mol. The number of Topliss-reactive ketones (excluding diaryl/α,β-unsaturated/α-hetero) is 1.